The van der Waals surface area contributed by atoms with Gasteiger partial charge in [0.1, 0.15) is 0 Å². The van der Waals surface area contributed by atoms with Crippen molar-refractivity contribution < 1.29 is 14.3 Å². The van der Waals surface area contributed by atoms with E-state index in [1.807, 2.05) is 31.3 Å². The molecule has 0 saturated heterocycles. The van der Waals surface area contributed by atoms with Crippen molar-refractivity contribution in [3.63, 3.8) is 0 Å². The van der Waals surface area contributed by atoms with Gasteiger partial charge in [-0.3, -0.25) is 4.79 Å². The lowest BCUT2D eigenvalue weighted by Crippen LogP contribution is -2.26. The molecule has 0 saturated carbocycles. The van der Waals surface area contributed by atoms with Crippen LogP contribution in [0.15, 0.2) is 60.7 Å². The molecule has 26 heavy (non-hydrogen) atoms. The van der Waals surface area contributed by atoms with Crippen molar-refractivity contribution in [2.24, 2.45) is 0 Å². The van der Waals surface area contributed by atoms with Gasteiger partial charge >= 0.3 is 0 Å². The minimum absolute atomic E-state index is 0.0337. The Hall–Kier alpha value is -3.01. The van der Waals surface area contributed by atoms with Crippen LogP contribution in [-0.4, -0.2) is 31.1 Å². The van der Waals surface area contributed by atoms with Gasteiger partial charge in [-0.25, -0.2) is 0 Å². The van der Waals surface area contributed by atoms with E-state index in [0.29, 0.717) is 36.8 Å². The van der Waals surface area contributed by atoms with Crippen LogP contribution < -0.4 is 9.47 Å². The van der Waals surface area contributed by atoms with Crippen molar-refractivity contribution in [3.05, 3.63) is 71.8 Å². The standard InChI is InChI=1S/C22H21NO3/c1-23(15-18-8-4-7-16-6-2-3-9-19(16)18)22(24)17-10-11-20-21(14-17)26-13-5-12-25-20/h2-4,6-11,14H,5,12-13,15H2,1H3. The Bertz CT molecular complexity index is 946. The highest BCUT2D eigenvalue weighted by molar-refractivity contribution is 5.95. The quantitative estimate of drug-likeness (QED) is 0.710. The van der Waals surface area contributed by atoms with Gasteiger partial charge in [0.05, 0.1) is 13.2 Å². The third-order valence-corrected chi connectivity index (χ3v) is 4.63. The number of amides is 1. The first kappa shape index (κ1) is 16.5. The van der Waals surface area contributed by atoms with Gasteiger partial charge in [0.15, 0.2) is 11.5 Å². The molecule has 0 atom stereocenters. The topological polar surface area (TPSA) is 38.8 Å². The Balaban J connectivity index is 1.57. The maximum atomic E-state index is 12.9. The van der Waals surface area contributed by atoms with Crippen molar-refractivity contribution in [1.29, 1.82) is 0 Å². The third-order valence-electron chi connectivity index (χ3n) is 4.63. The molecule has 1 aliphatic heterocycles. The maximum Gasteiger partial charge on any atom is 0.254 e. The van der Waals surface area contributed by atoms with E-state index in [1.165, 1.54) is 10.8 Å². The zero-order chi connectivity index (χ0) is 17.9. The molecule has 0 spiro atoms. The van der Waals surface area contributed by atoms with Crippen LogP contribution >= 0.6 is 0 Å². The summed E-state index contributed by atoms with van der Waals surface area (Å²) in [6.45, 7) is 1.80. The number of hydrogen-bond acceptors (Lipinski definition) is 3. The van der Waals surface area contributed by atoms with E-state index in [4.69, 9.17) is 9.47 Å². The monoisotopic (exact) mass is 347 g/mol. The highest BCUT2D eigenvalue weighted by Gasteiger charge is 2.17. The molecule has 0 aliphatic carbocycles. The molecular weight excluding hydrogens is 326 g/mol. The summed E-state index contributed by atoms with van der Waals surface area (Å²) in [5.74, 6) is 1.32. The number of carbonyl (C=O) groups excluding carboxylic acids is 1. The zero-order valence-corrected chi connectivity index (χ0v) is 14.8. The first-order chi connectivity index (χ1) is 12.7. The van der Waals surface area contributed by atoms with Gasteiger partial charge in [-0.1, -0.05) is 42.5 Å². The molecule has 4 rings (SSSR count). The van der Waals surface area contributed by atoms with Gasteiger partial charge in [-0.15, -0.1) is 0 Å². The Morgan fingerprint density at radius 3 is 2.62 bits per heavy atom. The maximum absolute atomic E-state index is 12.9. The summed E-state index contributed by atoms with van der Waals surface area (Å²) in [5, 5.41) is 2.36. The van der Waals surface area contributed by atoms with Gasteiger partial charge < -0.3 is 14.4 Å². The van der Waals surface area contributed by atoms with Gasteiger partial charge in [-0.05, 0) is 34.5 Å². The van der Waals surface area contributed by atoms with Crippen LogP contribution in [0.4, 0.5) is 0 Å². The summed E-state index contributed by atoms with van der Waals surface area (Å²) < 4.78 is 11.3. The predicted molar refractivity (Wildman–Crippen MR) is 102 cm³/mol. The number of benzene rings is 3. The molecule has 132 valence electrons. The summed E-state index contributed by atoms with van der Waals surface area (Å²) in [6.07, 6.45) is 0.846. The molecule has 0 aromatic heterocycles. The average Bonchev–Trinajstić information content (AvgIpc) is 2.92. The molecular formula is C22H21NO3. The lowest BCUT2D eigenvalue weighted by Gasteiger charge is -2.19. The van der Waals surface area contributed by atoms with Gasteiger partial charge in [-0.2, -0.15) is 0 Å². The lowest BCUT2D eigenvalue weighted by molar-refractivity contribution is 0.0785. The number of nitrogens with zero attached hydrogens (tertiary/aromatic N) is 1. The Labute approximate surface area is 153 Å². The summed E-state index contributed by atoms with van der Waals surface area (Å²) in [5.41, 5.74) is 1.74. The zero-order valence-electron chi connectivity index (χ0n) is 14.8. The van der Waals surface area contributed by atoms with Gasteiger partial charge in [0.25, 0.3) is 5.91 Å². The molecule has 4 heteroatoms. The third kappa shape index (κ3) is 3.23. The number of ether oxygens (including phenoxy) is 2. The van der Waals surface area contributed by atoms with E-state index in [-0.39, 0.29) is 5.91 Å². The van der Waals surface area contributed by atoms with Crippen molar-refractivity contribution in [3.8, 4) is 11.5 Å². The minimum atomic E-state index is -0.0337. The first-order valence-corrected chi connectivity index (χ1v) is 8.84. The molecule has 1 heterocycles. The normalized spacial score (nSPS) is 13.3. The Kier molecular flexibility index (Phi) is 4.48. The second-order valence-electron chi connectivity index (χ2n) is 6.51. The van der Waals surface area contributed by atoms with Crippen LogP contribution in [0.5, 0.6) is 11.5 Å². The SMILES string of the molecule is CN(Cc1cccc2ccccc12)C(=O)c1ccc2c(c1)OCCCO2. The molecule has 3 aromatic rings. The lowest BCUT2D eigenvalue weighted by atomic mass is 10.0. The summed E-state index contributed by atoms with van der Waals surface area (Å²) >= 11 is 0. The summed E-state index contributed by atoms with van der Waals surface area (Å²) in [7, 11) is 1.83. The van der Waals surface area contributed by atoms with E-state index in [9.17, 15) is 4.79 Å². The largest absolute Gasteiger partial charge is 0.490 e. The molecule has 0 N–H and O–H groups in total. The highest BCUT2D eigenvalue weighted by atomic mass is 16.5. The van der Waals surface area contributed by atoms with Gasteiger partial charge in [0.2, 0.25) is 0 Å². The van der Waals surface area contributed by atoms with Crippen LogP contribution in [0.1, 0.15) is 22.3 Å². The van der Waals surface area contributed by atoms with E-state index in [0.717, 1.165) is 12.0 Å². The molecule has 1 amide bonds. The van der Waals surface area contributed by atoms with Crippen LogP contribution in [0.25, 0.3) is 10.8 Å². The summed E-state index contributed by atoms with van der Waals surface area (Å²) in [4.78, 5) is 14.6. The molecule has 0 bridgehead atoms. The fourth-order valence-corrected chi connectivity index (χ4v) is 3.27. The van der Waals surface area contributed by atoms with Crippen LogP contribution in [0, 0.1) is 0 Å². The second-order valence-corrected chi connectivity index (χ2v) is 6.51. The molecule has 4 nitrogen and oxygen atoms in total. The first-order valence-electron chi connectivity index (χ1n) is 8.84. The van der Waals surface area contributed by atoms with Crippen molar-refractivity contribution in [1.82, 2.24) is 4.90 Å². The van der Waals surface area contributed by atoms with Crippen LogP contribution in [0.3, 0.4) is 0 Å². The smallest absolute Gasteiger partial charge is 0.254 e. The molecule has 3 aromatic carbocycles. The van der Waals surface area contributed by atoms with Crippen LogP contribution in [0.2, 0.25) is 0 Å². The van der Waals surface area contributed by atoms with Crippen LogP contribution in [-0.2, 0) is 6.54 Å². The van der Waals surface area contributed by atoms with E-state index in [1.54, 1.807) is 17.0 Å². The van der Waals surface area contributed by atoms with Crippen molar-refractivity contribution in [2.75, 3.05) is 20.3 Å². The van der Waals surface area contributed by atoms with Crippen molar-refractivity contribution >= 4 is 16.7 Å². The summed E-state index contributed by atoms with van der Waals surface area (Å²) in [6, 6.07) is 19.8. The number of hydrogen-bond donors (Lipinski definition) is 0. The highest BCUT2D eigenvalue weighted by Crippen LogP contribution is 2.31. The predicted octanol–water partition coefficient (Wildman–Crippen LogP) is 4.27. The molecule has 1 aliphatic rings. The minimum Gasteiger partial charge on any atom is -0.490 e. The number of carbonyl (C=O) groups is 1. The van der Waals surface area contributed by atoms with E-state index >= 15 is 0 Å². The number of fused-ring (bicyclic) bond motifs is 2. The Morgan fingerprint density at radius 2 is 1.73 bits per heavy atom. The van der Waals surface area contributed by atoms with E-state index < -0.39 is 0 Å². The van der Waals surface area contributed by atoms with E-state index in [2.05, 4.69) is 24.3 Å². The fraction of sp³-hybridized carbons (Fsp3) is 0.227. The average molecular weight is 347 g/mol. The molecule has 0 unspecified atom stereocenters. The van der Waals surface area contributed by atoms with Gasteiger partial charge in [0, 0.05) is 25.6 Å². The fourth-order valence-electron chi connectivity index (χ4n) is 3.27. The molecule has 0 radical (unpaired) electrons. The number of rotatable bonds is 3. The Morgan fingerprint density at radius 1 is 0.962 bits per heavy atom. The van der Waals surface area contributed by atoms with Crippen molar-refractivity contribution in [2.45, 2.75) is 13.0 Å². The molecule has 0 fully saturated rings. The second kappa shape index (κ2) is 7.08.